The third-order valence-corrected chi connectivity index (χ3v) is 7.32. The number of aromatic carboxylic acids is 1. The molecule has 0 saturated carbocycles. The Kier molecular flexibility index (Phi) is 9.00. The minimum Gasteiger partial charge on any atom is -0.497 e. The van der Waals surface area contributed by atoms with E-state index in [1.165, 1.54) is 18.2 Å². The van der Waals surface area contributed by atoms with Crippen molar-refractivity contribution in [3.63, 3.8) is 0 Å². The first-order valence-corrected chi connectivity index (χ1v) is 13.1. The van der Waals surface area contributed by atoms with Gasteiger partial charge in [0.1, 0.15) is 22.9 Å². The molecule has 0 aliphatic carbocycles. The van der Waals surface area contributed by atoms with E-state index >= 15 is 0 Å². The molecule has 0 saturated heterocycles. The van der Waals surface area contributed by atoms with Crippen molar-refractivity contribution in [3.05, 3.63) is 77.3 Å². The predicted molar refractivity (Wildman–Crippen MR) is 151 cm³/mol. The number of thioether (sulfide) groups is 1. The molecular weight excluding hydrogens is 540 g/mol. The quantitative estimate of drug-likeness (QED) is 0.220. The molecule has 0 aliphatic heterocycles. The smallest absolute Gasteiger partial charge is 0.335 e. The first-order chi connectivity index (χ1) is 18.8. The van der Waals surface area contributed by atoms with Crippen molar-refractivity contribution >= 4 is 40.9 Å². The Labute approximate surface area is 234 Å². The third-order valence-electron chi connectivity index (χ3n) is 5.78. The van der Waals surface area contributed by atoms with E-state index in [0.29, 0.717) is 34.5 Å². The summed E-state index contributed by atoms with van der Waals surface area (Å²) in [5.74, 6) is -0.0646. The van der Waals surface area contributed by atoms with Crippen LogP contribution in [0.3, 0.4) is 0 Å². The van der Waals surface area contributed by atoms with E-state index in [0.717, 1.165) is 22.9 Å². The Morgan fingerprint density at radius 3 is 2.05 bits per heavy atom. The molecule has 11 heteroatoms. The number of anilines is 1. The number of ether oxygens (including phenoxy) is 2. The van der Waals surface area contributed by atoms with E-state index in [2.05, 4.69) is 15.5 Å². The van der Waals surface area contributed by atoms with E-state index < -0.39 is 11.2 Å². The van der Waals surface area contributed by atoms with Crippen molar-refractivity contribution in [2.45, 2.75) is 23.8 Å². The van der Waals surface area contributed by atoms with Crippen LogP contribution < -0.4 is 14.8 Å². The van der Waals surface area contributed by atoms with Gasteiger partial charge in [-0.25, -0.2) is 9.78 Å². The second kappa shape index (κ2) is 12.6. The molecule has 9 nitrogen and oxygen atoms in total. The lowest BCUT2D eigenvalue weighted by Gasteiger charge is -2.16. The number of carbonyl (C=O) groups excluding carboxylic acids is 1. The van der Waals surface area contributed by atoms with Gasteiger partial charge in [-0.15, -0.1) is 10.2 Å². The molecule has 0 radical (unpaired) electrons. The van der Waals surface area contributed by atoms with Crippen LogP contribution in [-0.4, -0.2) is 51.6 Å². The van der Waals surface area contributed by atoms with Crippen molar-refractivity contribution < 1.29 is 24.2 Å². The second-order valence-electron chi connectivity index (χ2n) is 8.25. The largest absolute Gasteiger partial charge is 0.497 e. The summed E-state index contributed by atoms with van der Waals surface area (Å²) in [6.07, 6.45) is 0.453. The lowest BCUT2D eigenvalue weighted by Crippen LogP contribution is -2.25. The maximum absolute atomic E-state index is 13.1. The van der Waals surface area contributed by atoms with Crippen LogP contribution >= 0.6 is 23.4 Å². The van der Waals surface area contributed by atoms with Gasteiger partial charge < -0.3 is 19.9 Å². The van der Waals surface area contributed by atoms with Gasteiger partial charge in [0.15, 0.2) is 0 Å². The molecule has 1 atom stereocenters. The van der Waals surface area contributed by atoms with Crippen molar-refractivity contribution in [3.8, 4) is 34.0 Å². The molecule has 1 amide bonds. The van der Waals surface area contributed by atoms with Crippen LogP contribution in [-0.2, 0) is 4.79 Å². The Balaban J connectivity index is 1.65. The summed E-state index contributed by atoms with van der Waals surface area (Å²) < 4.78 is 10.6. The molecule has 0 spiro atoms. The summed E-state index contributed by atoms with van der Waals surface area (Å²) in [5, 5.41) is 20.7. The van der Waals surface area contributed by atoms with Crippen LogP contribution in [0.4, 0.5) is 5.69 Å². The van der Waals surface area contributed by atoms with Gasteiger partial charge in [0.2, 0.25) is 11.1 Å². The lowest BCUT2D eigenvalue weighted by molar-refractivity contribution is -0.115. The van der Waals surface area contributed by atoms with Gasteiger partial charge >= 0.3 is 5.97 Å². The van der Waals surface area contributed by atoms with Gasteiger partial charge in [0.25, 0.3) is 0 Å². The number of nitrogens with one attached hydrogen (secondary N) is 1. The Hall–Kier alpha value is -4.15. The van der Waals surface area contributed by atoms with Crippen LogP contribution in [0.5, 0.6) is 11.5 Å². The van der Waals surface area contributed by atoms with E-state index in [1.54, 1.807) is 14.2 Å². The molecular formula is C28H25ClN4O5S. The summed E-state index contributed by atoms with van der Waals surface area (Å²) in [6.45, 7) is 1.86. The molecule has 2 N–H and O–H groups in total. The number of hydrogen-bond acceptors (Lipinski definition) is 8. The van der Waals surface area contributed by atoms with Crippen molar-refractivity contribution in [2.24, 2.45) is 0 Å². The van der Waals surface area contributed by atoms with Crippen LogP contribution in [0.25, 0.3) is 22.5 Å². The molecule has 39 heavy (non-hydrogen) atoms. The van der Waals surface area contributed by atoms with Crippen LogP contribution in [0.15, 0.2) is 71.9 Å². The molecule has 1 aromatic heterocycles. The number of hydrogen-bond donors (Lipinski definition) is 2. The van der Waals surface area contributed by atoms with Gasteiger partial charge in [-0.2, -0.15) is 0 Å². The standard InChI is InChI=1S/C28H25ClN4O5S/c1-4-23(26(34)30-22-15-18(27(35)36)9-14-21(22)29)39-28-31-24(16-5-10-19(37-2)11-6-16)25(32-33-28)17-7-12-20(38-3)13-8-17/h5-15,23H,4H2,1-3H3,(H,30,34)(H,35,36). The normalized spacial score (nSPS) is 11.5. The van der Waals surface area contributed by atoms with E-state index in [-0.39, 0.29) is 22.2 Å². The number of halogens is 1. The number of aromatic nitrogens is 3. The predicted octanol–water partition coefficient (Wildman–Crippen LogP) is 6.08. The molecule has 1 unspecified atom stereocenters. The highest BCUT2D eigenvalue weighted by atomic mass is 35.5. The zero-order valence-electron chi connectivity index (χ0n) is 21.3. The van der Waals surface area contributed by atoms with Crippen molar-refractivity contribution in [1.29, 1.82) is 0 Å². The van der Waals surface area contributed by atoms with Gasteiger partial charge in [-0.05, 0) is 73.2 Å². The average Bonchev–Trinajstić information content (AvgIpc) is 2.96. The summed E-state index contributed by atoms with van der Waals surface area (Å²) in [4.78, 5) is 29.2. The third kappa shape index (κ3) is 6.65. The fourth-order valence-corrected chi connectivity index (χ4v) is 4.66. The minimum atomic E-state index is -1.12. The number of carboxylic acids is 1. The van der Waals surface area contributed by atoms with Crippen molar-refractivity contribution in [2.75, 3.05) is 19.5 Å². The molecule has 0 fully saturated rings. The highest BCUT2D eigenvalue weighted by Gasteiger charge is 2.23. The van der Waals surface area contributed by atoms with Gasteiger partial charge in [-0.1, -0.05) is 30.3 Å². The number of rotatable bonds is 10. The highest BCUT2D eigenvalue weighted by Crippen LogP contribution is 2.33. The Morgan fingerprint density at radius 1 is 0.923 bits per heavy atom. The zero-order chi connectivity index (χ0) is 27.9. The van der Waals surface area contributed by atoms with Crippen LogP contribution in [0.2, 0.25) is 5.02 Å². The molecule has 4 aromatic rings. The molecule has 0 bridgehead atoms. The van der Waals surface area contributed by atoms with Gasteiger partial charge in [-0.3, -0.25) is 4.79 Å². The van der Waals surface area contributed by atoms with Crippen LogP contribution in [0, 0.1) is 0 Å². The monoisotopic (exact) mass is 564 g/mol. The first-order valence-electron chi connectivity index (χ1n) is 11.9. The summed E-state index contributed by atoms with van der Waals surface area (Å²) in [7, 11) is 3.20. The second-order valence-corrected chi connectivity index (χ2v) is 9.83. The summed E-state index contributed by atoms with van der Waals surface area (Å²) in [5.41, 5.74) is 2.99. The SMILES string of the molecule is CCC(Sc1nnc(-c2ccc(OC)cc2)c(-c2ccc(OC)cc2)n1)C(=O)Nc1cc(C(=O)O)ccc1Cl. The van der Waals surface area contributed by atoms with E-state index in [1.807, 2.05) is 55.5 Å². The number of carboxylic acid groups (broad SMARTS) is 1. The number of amides is 1. The summed E-state index contributed by atoms with van der Waals surface area (Å²) in [6, 6.07) is 19.0. The maximum Gasteiger partial charge on any atom is 0.335 e. The number of methoxy groups -OCH3 is 2. The number of carbonyl (C=O) groups is 2. The summed E-state index contributed by atoms with van der Waals surface area (Å²) >= 11 is 7.35. The van der Waals surface area contributed by atoms with E-state index in [4.69, 9.17) is 26.1 Å². The zero-order valence-corrected chi connectivity index (χ0v) is 22.9. The topological polar surface area (TPSA) is 124 Å². The van der Waals surface area contributed by atoms with Crippen LogP contribution in [0.1, 0.15) is 23.7 Å². The van der Waals surface area contributed by atoms with E-state index in [9.17, 15) is 14.7 Å². The Bertz CT molecular complexity index is 1480. The molecule has 3 aromatic carbocycles. The highest BCUT2D eigenvalue weighted by molar-refractivity contribution is 8.00. The van der Waals surface area contributed by atoms with Gasteiger partial charge in [0, 0.05) is 11.1 Å². The number of benzene rings is 3. The maximum atomic E-state index is 13.1. The molecule has 4 rings (SSSR count). The van der Waals surface area contributed by atoms with Gasteiger partial charge in [0.05, 0.1) is 35.7 Å². The Morgan fingerprint density at radius 2 is 1.51 bits per heavy atom. The van der Waals surface area contributed by atoms with Crippen molar-refractivity contribution in [1.82, 2.24) is 15.2 Å². The fourth-order valence-electron chi connectivity index (χ4n) is 3.67. The lowest BCUT2D eigenvalue weighted by atomic mass is 10.0. The molecule has 0 aliphatic rings. The molecule has 200 valence electrons. The number of nitrogens with zero attached hydrogens (tertiary/aromatic N) is 3. The average molecular weight is 565 g/mol. The molecule has 1 heterocycles. The fraction of sp³-hybridized carbons (Fsp3) is 0.179. The first kappa shape index (κ1) is 27.9. The minimum absolute atomic E-state index is 0.0150.